The highest BCUT2D eigenvalue weighted by molar-refractivity contribution is 6.33. The zero-order valence-electron chi connectivity index (χ0n) is 13.7. The first-order valence-electron chi connectivity index (χ1n) is 7.78. The van der Waals surface area contributed by atoms with E-state index >= 15 is 0 Å². The molecule has 7 heteroatoms. The fourth-order valence-corrected chi connectivity index (χ4v) is 3.18. The highest BCUT2D eigenvalue weighted by atomic mass is 35.5. The lowest BCUT2D eigenvalue weighted by Gasteiger charge is -2.36. The van der Waals surface area contributed by atoms with E-state index in [0.717, 1.165) is 0 Å². The summed E-state index contributed by atoms with van der Waals surface area (Å²) >= 11 is 6.03. The second-order valence-corrected chi connectivity index (χ2v) is 6.38. The van der Waals surface area contributed by atoms with E-state index in [9.17, 15) is 9.59 Å². The van der Waals surface area contributed by atoms with Crippen LogP contribution in [-0.2, 0) is 11.3 Å². The molecule has 126 valence electrons. The molecule has 0 bridgehead atoms. The fraction of sp³-hybridized carbons (Fsp3) is 0.353. The number of hydrogen-bond donors (Lipinski definition) is 1. The first kappa shape index (κ1) is 16.5. The topological polar surface area (TPSA) is 69.3 Å². The lowest BCUT2D eigenvalue weighted by molar-refractivity contribution is -0.131. The predicted molar refractivity (Wildman–Crippen MR) is 93.4 cm³/mol. The average Bonchev–Trinajstić information content (AvgIpc) is 2.55. The second kappa shape index (κ2) is 6.65. The number of nitrogens with zero attached hydrogens (tertiary/aromatic N) is 3. The molecule has 0 unspecified atom stereocenters. The smallest absolute Gasteiger partial charge is 0.285 e. The second-order valence-electron chi connectivity index (χ2n) is 6.01. The number of rotatable bonds is 3. The third-order valence-electron chi connectivity index (χ3n) is 4.43. The summed E-state index contributed by atoms with van der Waals surface area (Å²) in [5.74, 6) is 0.0141. The average molecular weight is 347 g/mol. The third-order valence-corrected chi connectivity index (χ3v) is 4.80. The van der Waals surface area contributed by atoms with E-state index in [4.69, 9.17) is 11.6 Å². The molecule has 1 amide bonds. The number of carbonyl (C=O) groups is 1. The van der Waals surface area contributed by atoms with E-state index in [1.807, 2.05) is 11.0 Å². The summed E-state index contributed by atoms with van der Waals surface area (Å²) in [6, 6.07) is 6.14. The van der Waals surface area contributed by atoms with Gasteiger partial charge in [-0.05, 0) is 30.5 Å². The van der Waals surface area contributed by atoms with Gasteiger partial charge >= 0.3 is 0 Å². The summed E-state index contributed by atoms with van der Waals surface area (Å²) in [5, 5.41) is 6.12. The van der Waals surface area contributed by atoms with Crippen molar-refractivity contribution in [2.24, 2.45) is 0 Å². The molecule has 3 rings (SSSR count). The van der Waals surface area contributed by atoms with Gasteiger partial charge in [0.2, 0.25) is 5.91 Å². The van der Waals surface area contributed by atoms with Crippen LogP contribution in [0.15, 0.2) is 29.2 Å². The van der Waals surface area contributed by atoms with Crippen LogP contribution in [0.3, 0.4) is 0 Å². The van der Waals surface area contributed by atoms with Crippen LogP contribution in [0.25, 0.3) is 0 Å². The Morgan fingerprint density at radius 3 is 2.58 bits per heavy atom. The number of aryl methyl sites for hydroxylation is 2. The molecule has 1 aromatic heterocycles. The van der Waals surface area contributed by atoms with Gasteiger partial charge in [-0.3, -0.25) is 9.59 Å². The maximum Gasteiger partial charge on any atom is 0.285 e. The van der Waals surface area contributed by atoms with E-state index in [2.05, 4.69) is 36.2 Å². The Bertz CT molecular complexity index is 813. The quantitative estimate of drug-likeness (QED) is 0.921. The minimum Gasteiger partial charge on any atom is -0.358 e. The maximum atomic E-state index is 12.5. The van der Waals surface area contributed by atoms with Gasteiger partial charge in [-0.15, -0.1) is 0 Å². The number of piperazine rings is 1. The molecule has 2 heterocycles. The van der Waals surface area contributed by atoms with Crippen LogP contribution in [-0.4, -0.2) is 40.6 Å². The molecule has 0 saturated carbocycles. The fourth-order valence-electron chi connectivity index (χ4n) is 2.97. The molecule has 1 fully saturated rings. The SMILES string of the molecule is Cc1cccc(C)c1CN1CCN(c2cn[nH]c(=O)c2Cl)CC1=O. The van der Waals surface area contributed by atoms with Crippen molar-refractivity contribution in [2.75, 3.05) is 24.5 Å². The van der Waals surface area contributed by atoms with Crippen molar-refractivity contribution in [3.8, 4) is 0 Å². The molecule has 1 aliphatic heterocycles. The summed E-state index contributed by atoms with van der Waals surface area (Å²) in [6.45, 7) is 6.11. The molecule has 2 aromatic rings. The van der Waals surface area contributed by atoms with Crippen molar-refractivity contribution >= 4 is 23.2 Å². The molecule has 1 saturated heterocycles. The number of nitrogens with one attached hydrogen (secondary N) is 1. The zero-order chi connectivity index (χ0) is 17.3. The Morgan fingerprint density at radius 1 is 1.21 bits per heavy atom. The standard InChI is InChI=1S/C17H19ClN4O2/c1-11-4-3-5-12(2)13(11)9-22-7-6-21(10-15(22)23)14-8-19-20-17(24)16(14)18/h3-5,8H,6-7,9-10H2,1-2H3,(H,20,24). The maximum absolute atomic E-state index is 12.5. The molecule has 1 aromatic carbocycles. The number of hydrogen-bond acceptors (Lipinski definition) is 4. The predicted octanol–water partition coefficient (Wildman–Crippen LogP) is 1.89. The minimum absolute atomic E-state index is 0.0141. The van der Waals surface area contributed by atoms with Gasteiger partial charge in [-0.2, -0.15) is 5.10 Å². The molecule has 0 aliphatic carbocycles. The molecule has 0 radical (unpaired) electrons. The van der Waals surface area contributed by atoms with Crippen LogP contribution in [0.4, 0.5) is 5.69 Å². The van der Waals surface area contributed by atoms with Gasteiger partial charge in [0.05, 0.1) is 18.4 Å². The van der Waals surface area contributed by atoms with E-state index in [1.165, 1.54) is 22.9 Å². The molecule has 24 heavy (non-hydrogen) atoms. The van der Waals surface area contributed by atoms with Gasteiger partial charge in [0, 0.05) is 19.6 Å². The van der Waals surface area contributed by atoms with Gasteiger partial charge in [0.15, 0.2) is 0 Å². The van der Waals surface area contributed by atoms with Gasteiger partial charge in [-0.25, -0.2) is 5.10 Å². The van der Waals surface area contributed by atoms with Crippen LogP contribution in [0.1, 0.15) is 16.7 Å². The van der Waals surface area contributed by atoms with Crippen LogP contribution < -0.4 is 10.5 Å². The normalized spacial score (nSPS) is 15.0. The molecule has 1 N–H and O–H groups in total. The summed E-state index contributed by atoms with van der Waals surface area (Å²) < 4.78 is 0. The first-order chi connectivity index (χ1) is 11.5. The van der Waals surface area contributed by atoms with Crippen molar-refractivity contribution in [2.45, 2.75) is 20.4 Å². The van der Waals surface area contributed by atoms with Crippen LogP contribution in [0, 0.1) is 13.8 Å². The molecule has 1 aliphatic rings. The Kier molecular flexibility index (Phi) is 4.57. The minimum atomic E-state index is -0.445. The van der Waals surface area contributed by atoms with Crippen LogP contribution in [0.2, 0.25) is 5.02 Å². The lowest BCUT2D eigenvalue weighted by atomic mass is 10.0. The monoisotopic (exact) mass is 346 g/mol. The third kappa shape index (κ3) is 3.14. The van der Waals surface area contributed by atoms with E-state index in [0.29, 0.717) is 25.3 Å². The highest BCUT2D eigenvalue weighted by Crippen LogP contribution is 2.23. The zero-order valence-corrected chi connectivity index (χ0v) is 14.4. The summed E-state index contributed by atoms with van der Waals surface area (Å²) in [5.41, 5.74) is 3.62. The largest absolute Gasteiger partial charge is 0.358 e. The summed E-state index contributed by atoms with van der Waals surface area (Å²) in [7, 11) is 0. The van der Waals surface area contributed by atoms with Crippen molar-refractivity contribution in [3.63, 3.8) is 0 Å². The lowest BCUT2D eigenvalue weighted by Crippen LogP contribution is -2.50. The first-order valence-corrected chi connectivity index (χ1v) is 8.16. The number of aromatic nitrogens is 2. The van der Waals surface area contributed by atoms with Gasteiger partial charge in [-0.1, -0.05) is 29.8 Å². The van der Waals surface area contributed by atoms with E-state index < -0.39 is 5.56 Å². The molecule has 0 spiro atoms. The number of amides is 1. The summed E-state index contributed by atoms with van der Waals surface area (Å²) in [4.78, 5) is 27.8. The van der Waals surface area contributed by atoms with Crippen molar-refractivity contribution in [1.82, 2.24) is 15.1 Å². The number of aromatic amines is 1. The number of halogens is 1. The highest BCUT2D eigenvalue weighted by Gasteiger charge is 2.26. The number of benzene rings is 1. The van der Waals surface area contributed by atoms with E-state index in [1.54, 1.807) is 4.90 Å². The Morgan fingerprint density at radius 2 is 1.92 bits per heavy atom. The molecular formula is C17H19ClN4O2. The Balaban J connectivity index is 1.75. The number of anilines is 1. The summed E-state index contributed by atoms with van der Waals surface area (Å²) in [6.07, 6.45) is 1.48. The van der Waals surface area contributed by atoms with Crippen molar-refractivity contribution < 1.29 is 4.79 Å². The Labute approximate surface area is 145 Å². The van der Waals surface area contributed by atoms with Crippen LogP contribution >= 0.6 is 11.6 Å². The van der Waals surface area contributed by atoms with Crippen LogP contribution in [0.5, 0.6) is 0 Å². The van der Waals surface area contributed by atoms with Gasteiger partial charge < -0.3 is 9.80 Å². The van der Waals surface area contributed by atoms with Gasteiger partial charge in [0.1, 0.15) is 5.02 Å². The molecule has 6 nitrogen and oxygen atoms in total. The van der Waals surface area contributed by atoms with Crippen molar-refractivity contribution in [3.05, 3.63) is 56.5 Å². The molecule has 0 atom stereocenters. The van der Waals surface area contributed by atoms with Gasteiger partial charge in [0.25, 0.3) is 5.56 Å². The van der Waals surface area contributed by atoms with E-state index in [-0.39, 0.29) is 17.5 Å². The Hall–Kier alpha value is -2.34. The van der Waals surface area contributed by atoms with Crippen molar-refractivity contribution in [1.29, 1.82) is 0 Å². The number of H-pyrrole nitrogens is 1. The number of carbonyl (C=O) groups excluding carboxylic acids is 1. The molecular weight excluding hydrogens is 328 g/mol.